The summed E-state index contributed by atoms with van der Waals surface area (Å²) in [5, 5.41) is 4.67. The first-order valence-electron chi connectivity index (χ1n) is 8.36. The molecule has 0 aliphatic rings. The minimum atomic E-state index is -3.83. The molecular formula is C20H20N2O4S. The van der Waals surface area contributed by atoms with E-state index in [1.807, 2.05) is 36.4 Å². The number of sulfonamides is 1. The summed E-state index contributed by atoms with van der Waals surface area (Å²) in [5.74, 6) is 0.110. The lowest BCUT2D eigenvalue weighted by Gasteiger charge is -2.15. The number of rotatable bonds is 6. The van der Waals surface area contributed by atoms with Crippen molar-refractivity contribution in [2.75, 3.05) is 12.4 Å². The van der Waals surface area contributed by atoms with Crippen LogP contribution in [0.2, 0.25) is 0 Å². The van der Waals surface area contributed by atoms with Crippen LogP contribution in [0.3, 0.4) is 0 Å². The quantitative estimate of drug-likeness (QED) is 0.684. The van der Waals surface area contributed by atoms with Gasteiger partial charge in [0.2, 0.25) is 15.9 Å². The molecule has 0 saturated heterocycles. The Morgan fingerprint density at radius 3 is 2.33 bits per heavy atom. The Hall–Kier alpha value is -2.90. The predicted molar refractivity (Wildman–Crippen MR) is 105 cm³/mol. The second kappa shape index (κ2) is 7.77. The first kappa shape index (κ1) is 18.9. The number of benzene rings is 3. The maximum Gasteiger partial charge on any atom is 0.242 e. The maximum atomic E-state index is 12.5. The van der Waals surface area contributed by atoms with Crippen LogP contribution in [0.1, 0.15) is 6.92 Å². The van der Waals surface area contributed by atoms with E-state index in [1.165, 1.54) is 26.2 Å². The topological polar surface area (TPSA) is 84.5 Å². The molecule has 0 aliphatic heterocycles. The van der Waals surface area contributed by atoms with Crippen molar-refractivity contribution in [3.63, 3.8) is 0 Å². The molecule has 0 radical (unpaired) electrons. The molecule has 1 atom stereocenters. The van der Waals surface area contributed by atoms with Gasteiger partial charge in [0.05, 0.1) is 18.0 Å². The standard InChI is InChI=1S/C20H20N2O4S/c1-14(22-27(24,25)17-12-10-16(26-2)11-13-17)20(23)21-19-9-5-7-15-6-3-4-8-18(15)19/h3-14,22H,1-2H3,(H,21,23). The van der Waals surface area contributed by atoms with E-state index in [1.54, 1.807) is 18.2 Å². The molecule has 27 heavy (non-hydrogen) atoms. The number of hydrogen-bond acceptors (Lipinski definition) is 4. The van der Waals surface area contributed by atoms with E-state index < -0.39 is 22.0 Å². The van der Waals surface area contributed by atoms with Crippen molar-refractivity contribution in [2.45, 2.75) is 17.9 Å². The van der Waals surface area contributed by atoms with E-state index >= 15 is 0 Å². The van der Waals surface area contributed by atoms with E-state index in [4.69, 9.17) is 4.74 Å². The minimum Gasteiger partial charge on any atom is -0.497 e. The monoisotopic (exact) mass is 384 g/mol. The smallest absolute Gasteiger partial charge is 0.242 e. The van der Waals surface area contributed by atoms with E-state index in [-0.39, 0.29) is 4.90 Å². The van der Waals surface area contributed by atoms with Gasteiger partial charge in [0.25, 0.3) is 0 Å². The Bertz CT molecular complexity index is 1060. The normalized spacial score (nSPS) is 12.5. The highest BCUT2D eigenvalue weighted by Crippen LogP contribution is 2.23. The van der Waals surface area contributed by atoms with Crippen LogP contribution in [0.4, 0.5) is 5.69 Å². The van der Waals surface area contributed by atoms with Crippen molar-refractivity contribution in [2.24, 2.45) is 0 Å². The zero-order valence-electron chi connectivity index (χ0n) is 15.0. The van der Waals surface area contributed by atoms with Crippen LogP contribution >= 0.6 is 0 Å². The van der Waals surface area contributed by atoms with Gasteiger partial charge in [-0.1, -0.05) is 36.4 Å². The molecule has 0 saturated carbocycles. The lowest BCUT2D eigenvalue weighted by atomic mass is 10.1. The number of amides is 1. The lowest BCUT2D eigenvalue weighted by molar-refractivity contribution is -0.117. The summed E-state index contributed by atoms with van der Waals surface area (Å²) in [4.78, 5) is 12.6. The fourth-order valence-corrected chi connectivity index (χ4v) is 3.89. The van der Waals surface area contributed by atoms with Crippen LogP contribution in [-0.4, -0.2) is 27.5 Å². The molecule has 0 spiro atoms. The fraction of sp³-hybridized carbons (Fsp3) is 0.150. The van der Waals surface area contributed by atoms with Gasteiger partial charge < -0.3 is 10.1 Å². The first-order valence-corrected chi connectivity index (χ1v) is 9.84. The zero-order chi connectivity index (χ0) is 19.4. The molecule has 3 aromatic carbocycles. The van der Waals surface area contributed by atoms with Crippen LogP contribution in [0.5, 0.6) is 5.75 Å². The van der Waals surface area contributed by atoms with E-state index in [0.29, 0.717) is 11.4 Å². The highest BCUT2D eigenvalue weighted by molar-refractivity contribution is 7.89. The van der Waals surface area contributed by atoms with Gasteiger partial charge in [-0.15, -0.1) is 0 Å². The average molecular weight is 384 g/mol. The van der Waals surface area contributed by atoms with Gasteiger partial charge in [0, 0.05) is 11.1 Å². The number of carbonyl (C=O) groups is 1. The van der Waals surface area contributed by atoms with Crippen LogP contribution in [0.25, 0.3) is 10.8 Å². The average Bonchev–Trinajstić information content (AvgIpc) is 2.68. The number of carbonyl (C=O) groups excluding carboxylic acids is 1. The molecule has 0 bridgehead atoms. The van der Waals surface area contributed by atoms with Gasteiger partial charge in [-0.2, -0.15) is 4.72 Å². The second-order valence-corrected chi connectivity index (χ2v) is 7.75. The van der Waals surface area contributed by atoms with E-state index in [2.05, 4.69) is 10.0 Å². The first-order chi connectivity index (χ1) is 12.9. The van der Waals surface area contributed by atoms with Crippen LogP contribution in [-0.2, 0) is 14.8 Å². The molecule has 0 aromatic heterocycles. The Morgan fingerprint density at radius 1 is 0.963 bits per heavy atom. The van der Waals surface area contributed by atoms with Crippen LogP contribution in [0.15, 0.2) is 71.6 Å². The third-order valence-corrected chi connectivity index (χ3v) is 5.70. The maximum absolute atomic E-state index is 12.5. The lowest BCUT2D eigenvalue weighted by Crippen LogP contribution is -2.41. The largest absolute Gasteiger partial charge is 0.497 e. The van der Waals surface area contributed by atoms with Crippen molar-refractivity contribution in [3.8, 4) is 5.75 Å². The molecule has 3 aromatic rings. The number of nitrogens with one attached hydrogen (secondary N) is 2. The molecule has 2 N–H and O–H groups in total. The zero-order valence-corrected chi connectivity index (χ0v) is 15.8. The Balaban J connectivity index is 1.74. The number of hydrogen-bond donors (Lipinski definition) is 2. The summed E-state index contributed by atoms with van der Waals surface area (Å²) in [6.45, 7) is 1.50. The summed E-state index contributed by atoms with van der Waals surface area (Å²) in [6.07, 6.45) is 0. The highest BCUT2D eigenvalue weighted by Gasteiger charge is 2.22. The SMILES string of the molecule is COc1ccc(S(=O)(=O)NC(C)C(=O)Nc2cccc3ccccc23)cc1. The van der Waals surface area contributed by atoms with E-state index in [0.717, 1.165) is 10.8 Å². The van der Waals surface area contributed by atoms with Gasteiger partial charge in [-0.25, -0.2) is 8.42 Å². The Morgan fingerprint density at radius 2 is 1.63 bits per heavy atom. The highest BCUT2D eigenvalue weighted by atomic mass is 32.2. The summed E-state index contributed by atoms with van der Waals surface area (Å²) in [5.41, 5.74) is 0.633. The molecular weight excluding hydrogens is 364 g/mol. The molecule has 140 valence electrons. The van der Waals surface area contributed by atoms with Crippen LogP contribution < -0.4 is 14.8 Å². The molecule has 0 fully saturated rings. The van der Waals surface area contributed by atoms with Crippen molar-refractivity contribution in [1.82, 2.24) is 4.72 Å². The molecule has 3 rings (SSSR count). The number of fused-ring (bicyclic) bond motifs is 1. The van der Waals surface area contributed by atoms with Crippen molar-refractivity contribution in [3.05, 3.63) is 66.7 Å². The third kappa shape index (κ3) is 4.27. The number of ether oxygens (including phenoxy) is 1. The van der Waals surface area contributed by atoms with Gasteiger partial charge in [0.15, 0.2) is 0 Å². The minimum absolute atomic E-state index is 0.0631. The molecule has 7 heteroatoms. The van der Waals surface area contributed by atoms with Crippen molar-refractivity contribution in [1.29, 1.82) is 0 Å². The van der Waals surface area contributed by atoms with Crippen molar-refractivity contribution >= 4 is 32.4 Å². The van der Waals surface area contributed by atoms with Gasteiger partial charge in [-0.05, 0) is 42.6 Å². The summed E-state index contributed by atoms with van der Waals surface area (Å²) < 4.78 is 32.4. The van der Waals surface area contributed by atoms with Crippen LogP contribution in [0, 0.1) is 0 Å². The van der Waals surface area contributed by atoms with Gasteiger partial charge in [0.1, 0.15) is 5.75 Å². The number of methoxy groups -OCH3 is 1. The van der Waals surface area contributed by atoms with Gasteiger partial charge >= 0.3 is 0 Å². The Labute approximate surface area is 158 Å². The fourth-order valence-electron chi connectivity index (χ4n) is 2.68. The molecule has 0 aliphatic carbocycles. The molecule has 0 heterocycles. The molecule has 1 amide bonds. The summed E-state index contributed by atoms with van der Waals surface area (Å²) >= 11 is 0. The molecule has 1 unspecified atom stereocenters. The molecule has 6 nitrogen and oxygen atoms in total. The second-order valence-electron chi connectivity index (χ2n) is 6.03. The van der Waals surface area contributed by atoms with E-state index in [9.17, 15) is 13.2 Å². The number of anilines is 1. The van der Waals surface area contributed by atoms with Gasteiger partial charge in [-0.3, -0.25) is 4.79 Å². The Kier molecular flexibility index (Phi) is 5.43. The third-order valence-electron chi connectivity index (χ3n) is 4.14. The van der Waals surface area contributed by atoms with Crippen molar-refractivity contribution < 1.29 is 17.9 Å². The summed E-state index contributed by atoms with van der Waals surface area (Å²) in [7, 11) is -2.33. The summed E-state index contributed by atoms with van der Waals surface area (Å²) in [6, 6.07) is 18.2. The predicted octanol–water partition coefficient (Wildman–Crippen LogP) is 3.15.